The molecule has 0 aliphatic rings. The van der Waals surface area contributed by atoms with Gasteiger partial charge in [0.25, 0.3) is 0 Å². The van der Waals surface area contributed by atoms with E-state index < -0.39 is 0 Å². The number of aliphatic hydroxyl groups excluding tert-OH is 1. The largest absolute Gasteiger partial charge is 0.504 e. The van der Waals surface area contributed by atoms with Crippen LogP contribution in [0.1, 0.15) is 19.4 Å². The van der Waals surface area contributed by atoms with Crippen LogP contribution in [0.5, 0.6) is 11.5 Å². The number of aliphatic hydroxyl groups is 1. The molecule has 27 heavy (non-hydrogen) atoms. The van der Waals surface area contributed by atoms with Crippen LogP contribution in [0.25, 0.3) is 11.2 Å². The van der Waals surface area contributed by atoms with Gasteiger partial charge in [-0.2, -0.15) is 20.3 Å². The average molecular weight is 394 g/mol. The number of fused-ring (bicyclic) bond motifs is 1. The van der Waals surface area contributed by atoms with Crippen molar-refractivity contribution in [2.75, 3.05) is 17.2 Å². The number of phenolic OH excluding ortho intramolecular Hbond substituents is 2. The van der Waals surface area contributed by atoms with E-state index in [0.717, 1.165) is 0 Å². The van der Waals surface area contributed by atoms with Gasteiger partial charge in [-0.1, -0.05) is 31.5 Å². The minimum absolute atomic E-state index is 0.0624. The normalized spacial score (nSPS) is 12.5. The van der Waals surface area contributed by atoms with Crippen LogP contribution in [-0.2, 0) is 6.54 Å². The van der Waals surface area contributed by atoms with Crippen LogP contribution in [-0.4, -0.2) is 53.3 Å². The number of halogens is 1. The summed E-state index contributed by atoms with van der Waals surface area (Å²) >= 11 is 5.77. The van der Waals surface area contributed by atoms with Crippen LogP contribution in [0.2, 0.25) is 5.02 Å². The third kappa shape index (κ3) is 3.96. The van der Waals surface area contributed by atoms with E-state index in [1.165, 1.54) is 6.07 Å². The molecule has 2 aromatic heterocycles. The molecule has 0 aliphatic carbocycles. The number of benzene rings is 1. The summed E-state index contributed by atoms with van der Waals surface area (Å²) in [5.74, 6) is 0.145. The van der Waals surface area contributed by atoms with Crippen molar-refractivity contribution in [2.24, 2.45) is 5.92 Å². The zero-order chi connectivity index (χ0) is 19.6. The summed E-state index contributed by atoms with van der Waals surface area (Å²) in [6.45, 7) is 4.02. The Morgan fingerprint density at radius 1 is 1.15 bits per heavy atom. The van der Waals surface area contributed by atoms with Crippen LogP contribution in [0.15, 0.2) is 12.1 Å². The summed E-state index contributed by atoms with van der Waals surface area (Å²) in [5, 5.41) is 46.0. The Morgan fingerprint density at radius 2 is 1.93 bits per heavy atom. The molecule has 1 unspecified atom stereocenters. The van der Waals surface area contributed by atoms with Crippen molar-refractivity contribution in [3.8, 4) is 11.5 Å². The van der Waals surface area contributed by atoms with Crippen LogP contribution >= 0.6 is 11.6 Å². The molecule has 144 valence electrons. The molecule has 11 heteroatoms. The van der Waals surface area contributed by atoms with E-state index in [1.807, 2.05) is 13.8 Å². The second-order valence-electron chi connectivity index (χ2n) is 6.33. The lowest BCUT2D eigenvalue weighted by atomic mass is 10.1. The van der Waals surface area contributed by atoms with E-state index >= 15 is 0 Å². The van der Waals surface area contributed by atoms with Gasteiger partial charge >= 0.3 is 0 Å². The highest BCUT2D eigenvalue weighted by Crippen LogP contribution is 2.36. The number of hydrogen-bond acceptors (Lipinski definition) is 9. The maximum absolute atomic E-state index is 10.0. The molecule has 2 heterocycles. The highest BCUT2D eigenvalue weighted by molar-refractivity contribution is 6.32. The number of aromatic hydroxyl groups is 2. The maximum atomic E-state index is 10.0. The number of aromatic nitrogens is 5. The lowest BCUT2D eigenvalue weighted by Gasteiger charge is -2.20. The summed E-state index contributed by atoms with van der Waals surface area (Å²) in [7, 11) is 0. The average Bonchev–Trinajstić information content (AvgIpc) is 3.12. The fraction of sp³-hybridized carbons (Fsp3) is 0.375. The summed E-state index contributed by atoms with van der Waals surface area (Å²) in [4.78, 5) is 8.67. The van der Waals surface area contributed by atoms with Gasteiger partial charge in [0, 0.05) is 12.1 Å². The van der Waals surface area contributed by atoms with Crippen LogP contribution in [0.3, 0.4) is 0 Å². The van der Waals surface area contributed by atoms with Crippen molar-refractivity contribution in [1.29, 1.82) is 0 Å². The molecule has 10 nitrogen and oxygen atoms in total. The second kappa shape index (κ2) is 7.80. The van der Waals surface area contributed by atoms with E-state index in [2.05, 4.69) is 36.0 Å². The van der Waals surface area contributed by atoms with Crippen LogP contribution < -0.4 is 10.6 Å². The molecule has 3 aromatic rings. The Morgan fingerprint density at radius 3 is 2.63 bits per heavy atom. The standard InChI is InChI=1S/C16H20ClN7O3/c1-7(2)10(6-25)19-16-20-14(11-15(21-16)23-24-22-11)18-5-8-3-4-9(17)13(27)12(8)26/h3-4,7,10,25-27H,5-6H2,1-2H3,(H3,18,19,20,21,22,23,24). The SMILES string of the molecule is CC(C)C(CO)Nc1nc(NCc2ccc(Cl)c(O)c2O)c2n[nH]nc2n1. The number of nitrogens with zero attached hydrogens (tertiary/aromatic N) is 4. The highest BCUT2D eigenvalue weighted by atomic mass is 35.5. The summed E-state index contributed by atoms with van der Waals surface area (Å²) in [5.41, 5.74) is 1.19. The highest BCUT2D eigenvalue weighted by Gasteiger charge is 2.17. The van der Waals surface area contributed by atoms with Gasteiger partial charge in [0.1, 0.15) is 0 Å². The van der Waals surface area contributed by atoms with E-state index in [1.54, 1.807) is 6.07 Å². The number of H-pyrrole nitrogens is 1. The quantitative estimate of drug-likeness (QED) is 0.330. The summed E-state index contributed by atoms with van der Waals surface area (Å²) in [6.07, 6.45) is 0. The lowest BCUT2D eigenvalue weighted by Crippen LogP contribution is -2.30. The molecule has 0 fully saturated rings. The zero-order valence-corrected chi connectivity index (χ0v) is 15.5. The Bertz CT molecular complexity index is 947. The predicted molar refractivity (Wildman–Crippen MR) is 101 cm³/mol. The third-order valence-electron chi connectivity index (χ3n) is 4.13. The zero-order valence-electron chi connectivity index (χ0n) is 14.7. The number of nitrogens with one attached hydrogen (secondary N) is 3. The molecule has 0 spiro atoms. The molecule has 0 bridgehead atoms. The first-order valence-electron chi connectivity index (χ1n) is 8.29. The third-order valence-corrected chi connectivity index (χ3v) is 4.44. The van der Waals surface area contributed by atoms with Crippen LogP contribution in [0, 0.1) is 5.92 Å². The van der Waals surface area contributed by atoms with E-state index in [9.17, 15) is 15.3 Å². The van der Waals surface area contributed by atoms with Crippen molar-refractivity contribution >= 4 is 34.5 Å². The fourth-order valence-electron chi connectivity index (χ4n) is 2.44. The number of hydrogen-bond donors (Lipinski definition) is 6. The molecule has 0 saturated heterocycles. The minimum atomic E-state index is -0.379. The van der Waals surface area contributed by atoms with Gasteiger partial charge in [-0.15, -0.1) is 5.10 Å². The molecule has 1 aromatic carbocycles. The van der Waals surface area contributed by atoms with Crippen molar-refractivity contribution in [1.82, 2.24) is 25.4 Å². The Balaban J connectivity index is 1.87. The maximum Gasteiger partial charge on any atom is 0.227 e. The van der Waals surface area contributed by atoms with E-state index in [0.29, 0.717) is 22.5 Å². The molecule has 0 amide bonds. The monoisotopic (exact) mass is 393 g/mol. The van der Waals surface area contributed by atoms with Crippen LogP contribution in [0.4, 0.5) is 11.8 Å². The minimum Gasteiger partial charge on any atom is -0.504 e. The molecule has 3 rings (SSSR count). The van der Waals surface area contributed by atoms with E-state index in [-0.39, 0.29) is 47.6 Å². The van der Waals surface area contributed by atoms with Crippen molar-refractivity contribution in [2.45, 2.75) is 26.4 Å². The number of rotatable bonds is 7. The predicted octanol–water partition coefficient (Wildman–Crippen LogP) is 1.85. The Labute approximate surface area is 159 Å². The topological polar surface area (TPSA) is 152 Å². The Hall–Kier alpha value is -2.85. The molecule has 0 aliphatic heterocycles. The fourth-order valence-corrected chi connectivity index (χ4v) is 2.59. The molecular formula is C16H20ClN7O3. The van der Waals surface area contributed by atoms with Gasteiger partial charge in [-0.3, -0.25) is 0 Å². The number of anilines is 2. The van der Waals surface area contributed by atoms with Gasteiger partial charge in [0.15, 0.2) is 22.8 Å². The lowest BCUT2D eigenvalue weighted by molar-refractivity contribution is 0.248. The van der Waals surface area contributed by atoms with Crippen molar-refractivity contribution in [3.63, 3.8) is 0 Å². The molecule has 0 saturated carbocycles. The smallest absolute Gasteiger partial charge is 0.227 e. The molecule has 1 atom stereocenters. The first-order valence-corrected chi connectivity index (χ1v) is 8.67. The first kappa shape index (κ1) is 18.9. The van der Waals surface area contributed by atoms with Gasteiger partial charge < -0.3 is 26.0 Å². The van der Waals surface area contributed by atoms with Gasteiger partial charge in [-0.25, -0.2) is 0 Å². The number of phenols is 2. The first-order chi connectivity index (χ1) is 12.9. The molecule has 6 N–H and O–H groups in total. The molecule has 0 radical (unpaired) electrons. The number of aromatic amines is 1. The van der Waals surface area contributed by atoms with Crippen molar-refractivity contribution in [3.05, 3.63) is 22.7 Å². The second-order valence-corrected chi connectivity index (χ2v) is 6.73. The Kier molecular flexibility index (Phi) is 5.47. The van der Waals surface area contributed by atoms with Gasteiger partial charge in [0.2, 0.25) is 11.6 Å². The molecular weight excluding hydrogens is 374 g/mol. The summed E-state index contributed by atoms with van der Waals surface area (Å²) < 4.78 is 0. The van der Waals surface area contributed by atoms with Gasteiger partial charge in [0.05, 0.1) is 17.7 Å². The van der Waals surface area contributed by atoms with Crippen molar-refractivity contribution < 1.29 is 15.3 Å². The van der Waals surface area contributed by atoms with E-state index in [4.69, 9.17) is 11.6 Å². The summed E-state index contributed by atoms with van der Waals surface area (Å²) in [6, 6.07) is 2.85. The van der Waals surface area contributed by atoms with Gasteiger partial charge in [-0.05, 0) is 12.0 Å².